The second-order valence-corrected chi connectivity index (χ2v) is 7.38. The first-order valence-corrected chi connectivity index (χ1v) is 9.50. The Labute approximate surface area is 161 Å². The number of nitrogens with zero attached hydrogens (tertiary/aromatic N) is 2. The van der Waals surface area contributed by atoms with Crippen molar-refractivity contribution in [3.8, 4) is 0 Å². The predicted molar refractivity (Wildman–Crippen MR) is 103 cm³/mol. The number of nitrogens with one attached hydrogen (secondary N) is 1. The molecule has 0 fully saturated rings. The summed E-state index contributed by atoms with van der Waals surface area (Å²) in [6.45, 7) is 4.33. The average molecular weight is 396 g/mol. The Morgan fingerprint density at radius 1 is 1.35 bits per heavy atom. The van der Waals surface area contributed by atoms with Crippen LogP contribution >= 0.6 is 22.9 Å². The largest absolute Gasteiger partial charge is 0.480 e. The van der Waals surface area contributed by atoms with E-state index in [1.165, 1.54) is 6.92 Å². The van der Waals surface area contributed by atoms with Crippen molar-refractivity contribution >= 4 is 34.8 Å². The molecule has 1 aromatic carbocycles. The van der Waals surface area contributed by atoms with Crippen LogP contribution in [-0.4, -0.2) is 46.0 Å². The van der Waals surface area contributed by atoms with E-state index < -0.39 is 12.0 Å². The number of carbonyl (C=O) groups is 2. The first kappa shape index (κ1) is 20.4. The molecule has 1 unspecified atom stereocenters. The van der Waals surface area contributed by atoms with Crippen LogP contribution in [0.15, 0.2) is 29.6 Å². The van der Waals surface area contributed by atoms with E-state index in [2.05, 4.69) is 10.3 Å². The lowest BCUT2D eigenvalue weighted by Crippen LogP contribution is -2.42. The van der Waals surface area contributed by atoms with Crippen LogP contribution < -0.4 is 5.32 Å². The third kappa shape index (κ3) is 6.40. The highest BCUT2D eigenvalue weighted by molar-refractivity contribution is 7.09. The molecule has 0 radical (unpaired) electrons. The van der Waals surface area contributed by atoms with E-state index in [0.717, 1.165) is 16.3 Å². The van der Waals surface area contributed by atoms with Crippen molar-refractivity contribution in [2.24, 2.45) is 0 Å². The number of halogens is 1. The summed E-state index contributed by atoms with van der Waals surface area (Å²) in [4.78, 5) is 28.8. The molecule has 140 valence electrons. The van der Waals surface area contributed by atoms with Gasteiger partial charge in [-0.15, -0.1) is 11.3 Å². The van der Waals surface area contributed by atoms with Crippen LogP contribution in [0.25, 0.3) is 0 Å². The lowest BCUT2D eigenvalue weighted by molar-refractivity contribution is -0.142. The average Bonchev–Trinajstić information content (AvgIpc) is 3.02. The van der Waals surface area contributed by atoms with Gasteiger partial charge in [-0.3, -0.25) is 14.5 Å². The molecule has 2 N–H and O–H groups in total. The Morgan fingerprint density at radius 3 is 2.65 bits per heavy atom. The predicted octanol–water partition coefficient (Wildman–Crippen LogP) is 2.80. The molecule has 26 heavy (non-hydrogen) atoms. The molecule has 1 atom stereocenters. The molecule has 0 saturated heterocycles. The van der Waals surface area contributed by atoms with Crippen molar-refractivity contribution in [3.63, 3.8) is 0 Å². The van der Waals surface area contributed by atoms with Crippen LogP contribution in [0.3, 0.4) is 0 Å². The number of hydrogen-bond acceptors (Lipinski definition) is 5. The molecule has 0 aliphatic carbocycles. The third-order valence-electron chi connectivity index (χ3n) is 3.91. The van der Waals surface area contributed by atoms with Gasteiger partial charge in [0.05, 0.1) is 10.7 Å². The number of amides is 1. The number of rotatable bonds is 9. The van der Waals surface area contributed by atoms with Gasteiger partial charge in [-0.2, -0.15) is 0 Å². The van der Waals surface area contributed by atoms with Gasteiger partial charge in [0, 0.05) is 43.4 Å². The smallest absolute Gasteiger partial charge is 0.320 e. The van der Waals surface area contributed by atoms with E-state index >= 15 is 0 Å². The molecule has 0 saturated carbocycles. The Morgan fingerprint density at radius 2 is 2.04 bits per heavy atom. The Hall–Kier alpha value is -1.96. The molecule has 6 nitrogen and oxygen atoms in total. The standard InChI is InChI=1S/C18H22ClN3O3S/c1-12(18(24)25)22(8-7-20-13(2)23)10-16-11-26-17(21-16)9-14-3-5-15(19)6-4-14/h3-6,11-12H,7-10H2,1-2H3,(H,20,23)(H,24,25). The van der Waals surface area contributed by atoms with Crippen molar-refractivity contribution < 1.29 is 14.7 Å². The van der Waals surface area contributed by atoms with Crippen LogP contribution in [0.4, 0.5) is 0 Å². The van der Waals surface area contributed by atoms with E-state index in [1.807, 2.05) is 29.6 Å². The Kier molecular flexibility index (Phi) is 7.56. The fourth-order valence-corrected chi connectivity index (χ4v) is 3.37. The summed E-state index contributed by atoms with van der Waals surface area (Å²) >= 11 is 7.45. The summed E-state index contributed by atoms with van der Waals surface area (Å²) < 4.78 is 0. The highest BCUT2D eigenvalue weighted by atomic mass is 35.5. The molecule has 0 bridgehead atoms. The van der Waals surface area contributed by atoms with E-state index in [4.69, 9.17) is 11.6 Å². The van der Waals surface area contributed by atoms with Crippen LogP contribution in [-0.2, 0) is 22.6 Å². The maximum Gasteiger partial charge on any atom is 0.320 e. The van der Waals surface area contributed by atoms with Gasteiger partial charge in [0.2, 0.25) is 5.91 Å². The van der Waals surface area contributed by atoms with Crippen molar-refractivity contribution in [2.75, 3.05) is 13.1 Å². The molecule has 0 spiro atoms. The Balaban J connectivity index is 2.00. The summed E-state index contributed by atoms with van der Waals surface area (Å²) in [6, 6.07) is 6.98. The number of aliphatic carboxylic acids is 1. The number of carbonyl (C=O) groups excluding carboxylic acids is 1. The fraction of sp³-hybridized carbons (Fsp3) is 0.389. The van der Waals surface area contributed by atoms with Gasteiger partial charge in [0.1, 0.15) is 6.04 Å². The summed E-state index contributed by atoms with van der Waals surface area (Å²) in [7, 11) is 0. The maximum atomic E-state index is 11.3. The lowest BCUT2D eigenvalue weighted by atomic mass is 10.2. The number of hydrogen-bond donors (Lipinski definition) is 2. The quantitative estimate of drug-likeness (QED) is 0.682. The minimum Gasteiger partial charge on any atom is -0.480 e. The van der Waals surface area contributed by atoms with Crippen LogP contribution in [0.1, 0.15) is 30.1 Å². The highest BCUT2D eigenvalue weighted by Crippen LogP contribution is 2.18. The summed E-state index contributed by atoms with van der Waals surface area (Å²) in [5.74, 6) is -1.03. The normalized spacial score (nSPS) is 12.2. The minimum atomic E-state index is -0.899. The molecule has 1 amide bonds. The second-order valence-electron chi connectivity index (χ2n) is 6.00. The molecule has 8 heteroatoms. The van der Waals surface area contributed by atoms with Crippen LogP contribution in [0, 0.1) is 0 Å². The summed E-state index contributed by atoms with van der Waals surface area (Å²) in [5.41, 5.74) is 1.95. The number of benzene rings is 1. The number of carboxylic acids is 1. The molecular formula is C18H22ClN3O3S. The molecule has 2 aromatic rings. The van der Waals surface area contributed by atoms with Gasteiger partial charge >= 0.3 is 5.97 Å². The van der Waals surface area contributed by atoms with E-state index in [-0.39, 0.29) is 5.91 Å². The number of aromatic nitrogens is 1. The Bertz CT molecular complexity index is 748. The first-order valence-electron chi connectivity index (χ1n) is 8.24. The molecule has 0 aliphatic rings. The fourth-order valence-electron chi connectivity index (χ4n) is 2.43. The van der Waals surface area contributed by atoms with E-state index in [9.17, 15) is 14.7 Å². The highest BCUT2D eigenvalue weighted by Gasteiger charge is 2.21. The van der Waals surface area contributed by atoms with Crippen LogP contribution in [0.5, 0.6) is 0 Å². The molecular weight excluding hydrogens is 374 g/mol. The summed E-state index contributed by atoms with van der Waals surface area (Å²) in [5, 5.41) is 15.6. The van der Waals surface area contributed by atoms with Gasteiger partial charge in [0.15, 0.2) is 0 Å². The third-order valence-corrected chi connectivity index (χ3v) is 5.06. The van der Waals surface area contributed by atoms with Crippen LogP contribution in [0.2, 0.25) is 5.02 Å². The first-order chi connectivity index (χ1) is 12.3. The van der Waals surface area contributed by atoms with Gasteiger partial charge in [-0.1, -0.05) is 23.7 Å². The number of carboxylic acid groups (broad SMARTS) is 1. The molecule has 0 aliphatic heterocycles. The lowest BCUT2D eigenvalue weighted by Gasteiger charge is -2.25. The molecule has 1 heterocycles. The van der Waals surface area contributed by atoms with Gasteiger partial charge in [-0.05, 0) is 24.6 Å². The zero-order chi connectivity index (χ0) is 19.1. The monoisotopic (exact) mass is 395 g/mol. The maximum absolute atomic E-state index is 11.3. The zero-order valence-corrected chi connectivity index (χ0v) is 16.3. The minimum absolute atomic E-state index is 0.133. The SMILES string of the molecule is CC(=O)NCCN(Cc1csc(Cc2ccc(Cl)cc2)n1)C(C)C(=O)O. The topological polar surface area (TPSA) is 82.5 Å². The zero-order valence-electron chi connectivity index (χ0n) is 14.7. The molecule has 2 rings (SSSR count). The van der Waals surface area contributed by atoms with Crippen molar-refractivity contribution in [2.45, 2.75) is 32.9 Å². The van der Waals surface area contributed by atoms with Crippen molar-refractivity contribution in [1.29, 1.82) is 0 Å². The second kappa shape index (κ2) is 9.66. The molecule has 1 aromatic heterocycles. The van der Waals surface area contributed by atoms with Crippen molar-refractivity contribution in [3.05, 3.63) is 50.9 Å². The van der Waals surface area contributed by atoms with E-state index in [1.54, 1.807) is 23.2 Å². The number of thiazole rings is 1. The van der Waals surface area contributed by atoms with Crippen molar-refractivity contribution in [1.82, 2.24) is 15.2 Å². The summed E-state index contributed by atoms with van der Waals surface area (Å²) in [6.07, 6.45) is 0.711. The van der Waals surface area contributed by atoms with Gasteiger partial charge in [-0.25, -0.2) is 4.98 Å². The van der Waals surface area contributed by atoms with Gasteiger partial charge in [0.25, 0.3) is 0 Å². The van der Waals surface area contributed by atoms with E-state index in [0.29, 0.717) is 31.1 Å². The van der Waals surface area contributed by atoms with Gasteiger partial charge < -0.3 is 10.4 Å².